The van der Waals surface area contributed by atoms with Gasteiger partial charge in [-0.15, -0.1) is 0 Å². The molecule has 0 bridgehead atoms. The van der Waals surface area contributed by atoms with E-state index in [1.54, 1.807) is 48.5 Å². The minimum atomic E-state index is -0.320. The number of halogens is 1. The molecular weight excluding hydrogens is 436 g/mol. The van der Waals surface area contributed by atoms with E-state index in [9.17, 15) is 14.4 Å². The Morgan fingerprint density at radius 3 is 2.33 bits per heavy atom. The average molecular weight is 459 g/mol. The molecule has 3 amide bonds. The van der Waals surface area contributed by atoms with Crippen LogP contribution in [-0.2, 0) is 9.59 Å². The van der Waals surface area contributed by atoms with Crippen molar-refractivity contribution in [2.75, 3.05) is 10.2 Å². The Kier molecular flexibility index (Phi) is 5.73. The van der Waals surface area contributed by atoms with Gasteiger partial charge in [-0.2, -0.15) is 0 Å². The van der Waals surface area contributed by atoms with E-state index in [1.165, 1.54) is 10.5 Å². The molecule has 1 saturated carbocycles. The van der Waals surface area contributed by atoms with E-state index < -0.39 is 0 Å². The van der Waals surface area contributed by atoms with Crippen LogP contribution in [0.2, 0.25) is 5.02 Å². The summed E-state index contributed by atoms with van der Waals surface area (Å²) in [6.07, 6.45) is 2.26. The van der Waals surface area contributed by atoms with Crippen LogP contribution in [0.5, 0.6) is 0 Å². The number of rotatable bonds is 4. The molecule has 166 valence electrons. The van der Waals surface area contributed by atoms with Gasteiger partial charge in [0.2, 0.25) is 11.8 Å². The van der Waals surface area contributed by atoms with Gasteiger partial charge in [0.25, 0.3) is 5.91 Å². The number of imide groups is 1. The molecule has 3 aromatic rings. The van der Waals surface area contributed by atoms with Crippen molar-refractivity contribution in [3.05, 3.63) is 95.0 Å². The summed E-state index contributed by atoms with van der Waals surface area (Å²) in [6, 6.07) is 23.7. The maximum Gasteiger partial charge on any atom is 0.255 e. The summed E-state index contributed by atoms with van der Waals surface area (Å²) in [5.41, 5.74) is 2.65. The number of carbonyl (C=O) groups excluding carboxylic acids is 3. The van der Waals surface area contributed by atoms with Gasteiger partial charge < -0.3 is 5.32 Å². The second-order valence-corrected chi connectivity index (χ2v) is 9.09. The van der Waals surface area contributed by atoms with Crippen LogP contribution in [0.15, 0.2) is 78.9 Å². The van der Waals surface area contributed by atoms with Crippen molar-refractivity contribution >= 4 is 40.7 Å². The molecule has 33 heavy (non-hydrogen) atoms. The number of nitrogens with zero attached hydrogens (tertiary/aromatic N) is 1. The van der Waals surface area contributed by atoms with Crippen molar-refractivity contribution in [2.24, 2.45) is 11.8 Å². The van der Waals surface area contributed by atoms with Crippen molar-refractivity contribution in [3.8, 4) is 0 Å². The summed E-state index contributed by atoms with van der Waals surface area (Å²) in [7, 11) is 0. The number of amides is 3. The van der Waals surface area contributed by atoms with E-state index in [-0.39, 0.29) is 35.5 Å². The first-order valence-corrected chi connectivity index (χ1v) is 11.5. The van der Waals surface area contributed by atoms with Crippen LogP contribution in [-0.4, -0.2) is 17.7 Å². The maximum atomic E-state index is 13.3. The van der Waals surface area contributed by atoms with Gasteiger partial charge in [0, 0.05) is 16.3 Å². The smallest absolute Gasteiger partial charge is 0.255 e. The Bertz CT molecular complexity index is 1210. The van der Waals surface area contributed by atoms with Crippen LogP contribution in [0, 0.1) is 11.8 Å². The van der Waals surface area contributed by atoms with Crippen LogP contribution in [0.25, 0.3) is 0 Å². The molecular formula is C27H23ClN2O3. The first-order chi connectivity index (χ1) is 16.0. The van der Waals surface area contributed by atoms with E-state index >= 15 is 0 Å². The Balaban J connectivity index is 1.35. The van der Waals surface area contributed by atoms with Gasteiger partial charge in [-0.05, 0) is 73.2 Å². The van der Waals surface area contributed by atoms with E-state index in [1.807, 2.05) is 18.2 Å². The number of carbonyl (C=O) groups is 3. The molecule has 0 unspecified atom stereocenters. The monoisotopic (exact) mass is 458 g/mol. The molecule has 5 rings (SSSR count). The second kappa shape index (κ2) is 8.83. The fraction of sp³-hybridized carbons (Fsp3) is 0.222. The van der Waals surface area contributed by atoms with Crippen LogP contribution in [0.4, 0.5) is 11.4 Å². The van der Waals surface area contributed by atoms with Crippen LogP contribution >= 0.6 is 11.6 Å². The SMILES string of the molecule is O=C(Nc1ccc(Cl)cc1)c1cccc(N2C(=O)[C@H]3CC[C@@H](c4ccccc4)C[C@H]3C2=O)c1. The first-order valence-electron chi connectivity index (χ1n) is 11.1. The van der Waals surface area contributed by atoms with Gasteiger partial charge in [0.15, 0.2) is 0 Å². The van der Waals surface area contributed by atoms with Gasteiger partial charge in [0.05, 0.1) is 17.5 Å². The van der Waals surface area contributed by atoms with Gasteiger partial charge in [0.1, 0.15) is 0 Å². The highest BCUT2D eigenvalue weighted by Gasteiger charge is 2.50. The number of hydrogen-bond donors (Lipinski definition) is 1. The third-order valence-corrected chi connectivity index (χ3v) is 6.92. The molecule has 2 fully saturated rings. The number of nitrogens with one attached hydrogen (secondary N) is 1. The topological polar surface area (TPSA) is 66.5 Å². The Morgan fingerprint density at radius 2 is 1.58 bits per heavy atom. The van der Waals surface area contributed by atoms with Crippen molar-refractivity contribution < 1.29 is 14.4 Å². The lowest BCUT2D eigenvalue weighted by atomic mass is 9.73. The zero-order valence-electron chi connectivity index (χ0n) is 17.9. The molecule has 3 atom stereocenters. The summed E-state index contributed by atoms with van der Waals surface area (Å²) in [5.74, 6) is -0.972. The van der Waals surface area contributed by atoms with Crippen molar-refractivity contribution in [3.63, 3.8) is 0 Å². The van der Waals surface area contributed by atoms with Crippen LogP contribution in [0.1, 0.15) is 41.1 Å². The molecule has 0 radical (unpaired) electrons. The number of benzene rings is 3. The van der Waals surface area contributed by atoms with Gasteiger partial charge in [-0.25, -0.2) is 0 Å². The van der Waals surface area contributed by atoms with E-state index in [0.29, 0.717) is 34.8 Å². The quantitative estimate of drug-likeness (QED) is 0.512. The highest BCUT2D eigenvalue weighted by atomic mass is 35.5. The highest BCUT2D eigenvalue weighted by molar-refractivity contribution is 6.30. The van der Waals surface area contributed by atoms with E-state index in [2.05, 4.69) is 17.4 Å². The maximum absolute atomic E-state index is 13.3. The Hall–Kier alpha value is -3.44. The highest BCUT2D eigenvalue weighted by Crippen LogP contribution is 2.45. The van der Waals surface area contributed by atoms with Crippen molar-refractivity contribution in [1.29, 1.82) is 0 Å². The van der Waals surface area contributed by atoms with Crippen LogP contribution in [0.3, 0.4) is 0 Å². The molecule has 1 aliphatic carbocycles. The Morgan fingerprint density at radius 1 is 0.848 bits per heavy atom. The third kappa shape index (κ3) is 4.16. The number of fused-ring (bicyclic) bond motifs is 1. The predicted octanol–water partition coefficient (Wildman–Crippen LogP) is 5.67. The molecule has 5 nitrogen and oxygen atoms in total. The zero-order valence-corrected chi connectivity index (χ0v) is 18.7. The van der Waals surface area contributed by atoms with Gasteiger partial charge >= 0.3 is 0 Å². The lowest BCUT2D eigenvalue weighted by Crippen LogP contribution is -2.31. The minimum absolute atomic E-state index is 0.160. The minimum Gasteiger partial charge on any atom is -0.322 e. The normalized spacial score (nSPS) is 22.2. The van der Waals surface area contributed by atoms with Crippen molar-refractivity contribution in [2.45, 2.75) is 25.2 Å². The van der Waals surface area contributed by atoms with Gasteiger partial charge in [-0.3, -0.25) is 19.3 Å². The summed E-state index contributed by atoms with van der Waals surface area (Å²) >= 11 is 5.90. The first kappa shape index (κ1) is 21.4. The summed E-state index contributed by atoms with van der Waals surface area (Å²) in [6.45, 7) is 0. The number of anilines is 2. The van der Waals surface area contributed by atoms with E-state index in [4.69, 9.17) is 11.6 Å². The molecule has 2 aliphatic rings. The summed E-state index contributed by atoms with van der Waals surface area (Å²) in [4.78, 5) is 40.5. The lowest BCUT2D eigenvalue weighted by Gasteiger charge is -2.28. The summed E-state index contributed by atoms with van der Waals surface area (Å²) in [5, 5.41) is 3.39. The zero-order chi connectivity index (χ0) is 22.9. The standard InChI is InChI=1S/C27H23ClN2O3/c28-20-10-12-21(13-11-20)29-25(31)19-7-4-8-22(15-19)30-26(32)23-14-9-18(16-24(23)27(30)33)17-5-2-1-3-6-17/h1-8,10-13,15,18,23-24H,9,14,16H2,(H,29,31)/t18-,23+,24-/m1/s1. The molecule has 1 saturated heterocycles. The molecule has 6 heteroatoms. The molecule has 1 aliphatic heterocycles. The molecule has 1 heterocycles. The molecule has 0 aromatic heterocycles. The van der Waals surface area contributed by atoms with Gasteiger partial charge in [-0.1, -0.05) is 48.0 Å². The fourth-order valence-electron chi connectivity index (χ4n) is 4.98. The average Bonchev–Trinajstić information content (AvgIpc) is 3.10. The summed E-state index contributed by atoms with van der Waals surface area (Å²) < 4.78 is 0. The predicted molar refractivity (Wildman–Crippen MR) is 128 cm³/mol. The van der Waals surface area contributed by atoms with Crippen LogP contribution < -0.4 is 10.2 Å². The fourth-order valence-corrected chi connectivity index (χ4v) is 5.11. The van der Waals surface area contributed by atoms with E-state index in [0.717, 1.165) is 6.42 Å². The Labute approximate surface area is 197 Å². The second-order valence-electron chi connectivity index (χ2n) is 8.66. The molecule has 1 N–H and O–H groups in total. The molecule has 3 aromatic carbocycles. The van der Waals surface area contributed by atoms with Crippen molar-refractivity contribution in [1.82, 2.24) is 0 Å². The molecule has 0 spiro atoms. The third-order valence-electron chi connectivity index (χ3n) is 6.67. The lowest BCUT2D eigenvalue weighted by molar-refractivity contribution is -0.122. The largest absolute Gasteiger partial charge is 0.322 e. The number of hydrogen-bond acceptors (Lipinski definition) is 3.